The van der Waals surface area contributed by atoms with Crippen molar-refractivity contribution in [2.75, 3.05) is 5.73 Å². The van der Waals surface area contributed by atoms with Gasteiger partial charge in [-0.25, -0.2) is 9.97 Å². The standard InChI is InChI=1S/C16H15N5/c1-21-9-11(8-18-21)14-7-15(17)20-16(19-14)13-6-10-4-2-3-5-12(10)13/h2-5,7-9,13H,6H2,1H3,(H2,17,19,20). The molecule has 1 atom stereocenters. The van der Waals surface area contributed by atoms with Crippen LogP contribution in [0.2, 0.25) is 0 Å². The Bertz CT molecular complexity index is 821. The molecule has 2 aromatic heterocycles. The van der Waals surface area contributed by atoms with Gasteiger partial charge in [0.2, 0.25) is 0 Å². The van der Waals surface area contributed by atoms with Crippen LogP contribution in [0.3, 0.4) is 0 Å². The fraction of sp³-hybridized carbons (Fsp3) is 0.188. The predicted molar refractivity (Wildman–Crippen MR) is 80.6 cm³/mol. The molecule has 1 aliphatic rings. The second kappa shape index (κ2) is 4.41. The van der Waals surface area contributed by atoms with E-state index in [0.29, 0.717) is 5.82 Å². The van der Waals surface area contributed by atoms with E-state index in [1.54, 1.807) is 16.9 Å². The average Bonchev–Trinajstić information content (AvgIpc) is 2.86. The molecule has 5 heteroatoms. The molecule has 2 heterocycles. The first-order valence-corrected chi connectivity index (χ1v) is 6.92. The van der Waals surface area contributed by atoms with Crippen LogP contribution in [0.1, 0.15) is 22.9 Å². The maximum Gasteiger partial charge on any atom is 0.139 e. The highest BCUT2D eigenvalue weighted by Crippen LogP contribution is 2.39. The molecule has 1 unspecified atom stereocenters. The first-order valence-electron chi connectivity index (χ1n) is 6.92. The number of nitrogens with two attached hydrogens (primary N) is 1. The van der Waals surface area contributed by atoms with Crippen molar-refractivity contribution < 1.29 is 0 Å². The summed E-state index contributed by atoms with van der Waals surface area (Å²) in [5.74, 6) is 1.55. The van der Waals surface area contributed by atoms with E-state index in [0.717, 1.165) is 23.5 Å². The van der Waals surface area contributed by atoms with Crippen molar-refractivity contribution in [3.63, 3.8) is 0 Å². The molecule has 0 fully saturated rings. The van der Waals surface area contributed by atoms with Crippen molar-refractivity contribution in [2.24, 2.45) is 7.05 Å². The van der Waals surface area contributed by atoms with E-state index in [4.69, 9.17) is 10.7 Å². The van der Waals surface area contributed by atoms with Crippen LogP contribution in [0, 0.1) is 0 Å². The number of hydrogen-bond acceptors (Lipinski definition) is 4. The summed E-state index contributed by atoms with van der Waals surface area (Å²) >= 11 is 0. The monoisotopic (exact) mass is 277 g/mol. The molecule has 0 radical (unpaired) electrons. The van der Waals surface area contributed by atoms with E-state index in [-0.39, 0.29) is 5.92 Å². The highest BCUT2D eigenvalue weighted by molar-refractivity contribution is 5.60. The Morgan fingerprint density at radius 2 is 2.10 bits per heavy atom. The number of nitrogens with zero attached hydrogens (tertiary/aromatic N) is 4. The number of rotatable bonds is 2. The molecule has 104 valence electrons. The van der Waals surface area contributed by atoms with Crippen LogP contribution in [-0.2, 0) is 13.5 Å². The lowest BCUT2D eigenvalue weighted by molar-refractivity contribution is 0.662. The van der Waals surface area contributed by atoms with Gasteiger partial charge >= 0.3 is 0 Å². The quantitative estimate of drug-likeness (QED) is 0.779. The molecule has 3 aromatic rings. The molecule has 0 saturated heterocycles. The molecule has 4 rings (SSSR count). The van der Waals surface area contributed by atoms with Crippen LogP contribution >= 0.6 is 0 Å². The second-order valence-electron chi connectivity index (χ2n) is 5.39. The van der Waals surface area contributed by atoms with E-state index in [9.17, 15) is 0 Å². The molecule has 0 saturated carbocycles. The first kappa shape index (κ1) is 12.1. The van der Waals surface area contributed by atoms with Gasteiger partial charge in [0.05, 0.1) is 11.9 Å². The summed E-state index contributed by atoms with van der Waals surface area (Å²) in [4.78, 5) is 9.12. The lowest BCUT2D eigenvalue weighted by Gasteiger charge is -2.29. The van der Waals surface area contributed by atoms with Gasteiger partial charge in [0, 0.05) is 30.8 Å². The fourth-order valence-corrected chi connectivity index (χ4v) is 2.83. The van der Waals surface area contributed by atoms with E-state index >= 15 is 0 Å². The van der Waals surface area contributed by atoms with Crippen molar-refractivity contribution in [2.45, 2.75) is 12.3 Å². The highest BCUT2D eigenvalue weighted by Gasteiger charge is 2.29. The third kappa shape index (κ3) is 1.98. The van der Waals surface area contributed by atoms with Gasteiger partial charge in [-0.15, -0.1) is 0 Å². The molecule has 21 heavy (non-hydrogen) atoms. The summed E-state index contributed by atoms with van der Waals surface area (Å²) in [5, 5.41) is 4.18. The summed E-state index contributed by atoms with van der Waals surface area (Å²) < 4.78 is 1.76. The van der Waals surface area contributed by atoms with Crippen LogP contribution in [0.4, 0.5) is 5.82 Å². The number of hydrogen-bond donors (Lipinski definition) is 1. The summed E-state index contributed by atoms with van der Waals surface area (Å²) in [5.41, 5.74) is 10.4. The van der Waals surface area contributed by atoms with Crippen LogP contribution in [0.15, 0.2) is 42.7 Å². The van der Waals surface area contributed by atoms with Crippen molar-refractivity contribution in [1.82, 2.24) is 19.7 Å². The van der Waals surface area contributed by atoms with Crippen molar-refractivity contribution in [3.05, 3.63) is 59.7 Å². The molecular weight excluding hydrogens is 262 g/mol. The van der Waals surface area contributed by atoms with Crippen molar-refractivity contribution in [1.29, 1.82) is 0 Å². The maximum atomic E-state index is 5.96. The molecule has 1 aliphatic carbocycles. The Hall–Kier alpha value is -2.69. The zero-order valence-corrected chi connectivity index (χ0v) is 11.7. The Morgan fingerprint density at radius 3 is 2.86 bits per heavy atom. The molecule has 2 N–H and O–H groups in total. The third-order valence-corrected chi connectivity index (χ3v) is 3.93. The number of nitrogen functional groups attached to an aromatic ring is 1. The molecule has 0 amide bonds. The van der Waals surface area contributed by atoms with Crippen LogP contribution in [0.25, 0.3) is 11.3 Å². The van der Waals surface area contributed by atoms with Gasteiger partial charge in [-0.2, -0.15) is 5.10 Å². The Labute approximate surface area is 122 Å². The van der Waals surface area contributed by atoms with E-state index in [2.05, 4.69) is 34.3 Å². The van der Waals surface area contributed by atoms with Gasteiger partial charge in [0.25, 0.3) is 0 Å². The Balaban J connectivity index is 1.76. The molecule has 1 aromatic carbocycles. The average molecular weight is 277 g/mol. The van der Waals surface area contributed by atoms with Gasteiger partial charge in [0.1, 0.15) is 11.6 Å². The lowest BCUT2D eigenvalue weighted by Crippen LogP contribution is -2.21. The zero-order valence-electron chi connectivity index (χ0n) is 11.7. The maximum absolute atomic E-state index is 5.96. The number of anilines is 1. The largest absolute Gasteiger partial charge is 0.384 e. The van der Waals surface area contributed by atoms with Crippen molar-refractivity contribution >= 4 is 5.82 Å². The van der Waals surface area contributed by atoms with Gasteiger partial charge < -0.3 is 5.73 Å². The highest BCUT2D eigenvalue weighted by atomic mass is 15.2. The smallest absolute Gasteiger partial charge is 0.139 e. The SMILES string of the molecule is Cn1cc(-c2cc(N)nc(C3Cc4ccccc43)n2)cn1. The third-order valence-electron chi connectivity index (χ3n) is 3.93. The topological polar surface area (TPSA) is 69.6 Å². The minimum absolute atomic E-state index is 0.250. The normalized spacial score (nSPS) is 16.3. The molecule has 0 aliphatic heterocycles. The second-order valence-corrected chi connectivity index (χ2v) is 5.39. The lowest BCUT2D eigenvalue weighted by atomic mass is 9.77. The van der Waals surface area contributed by atoms with E-state index < -0.39 is 0 Å². The summed E-state index contributed by atoms with van der Waals surface area (Å²) in [6.45, 7) is 0. The summed E-state index contributed by atoms with van der Waals surface area (Å²) in [6.07, 6.45) is 4.70. The number of aryl methyl sites for hydroxylation is 1. The van der Waals surface area contributed by atoms with Crippen LogP contribution < -0.4 is 5.73 Å². The summed E-state index contributed by atoms with van der Waals surface area (Å²) in [6, 6.07) is 10.2. The molecular formula is C16H15N5. The minimum Gasteiger partial charge on any atom is -0.384 e. The minimum atomic E-state index is 0.250. The molecule has 0 spiro atoms. The summed E-state index contributed by atoms with van der Waals surface area (Å²) in [7, 11) is 1.89. The van der Waals surface area contributed by atoms with Crippen LogP contribution in [-0.4, -0.2) is 19.7 Å². The number of fused-ring (bicyclic) bond motifs is 1. The number of aromatic nitrogens is 4. The van der Waals surface area contributed by atoms with E-state index in [1.807, 2.05) is 13.2 Å². The first-order chi connectivity index (χ1) is 10.2. The van der Waals surface area contributed by atoms with E-state index in [1.165, 1.54) is 11.1 Å². The number of benzene rings is 1. The van der Waals surface area contributed by atoms with Gasteiger partial charge in [0.15, 0.2) is 0 Å². The van der Waals surface area contributed by atoms with Gasteiger partial charge in [-0.05, 0) is 17.5 Å². The fourth-order valence-electron chi connectivity index (χ4n) is 2.83. The Morgan fingerprint density at radius 1 is 1.24 bits per heavy atom. The van der Waals surface area contributed by atoms with Gasteiger partial charge in [-0.3, -0.25) is 4.68 Å². The molecule has 0 bridgehead atoms. The predicted octanol–water partition coefficient (Wildman–Crippen LogP) is 2.15. The van der Waals surface area contributed by atoms with Gasteiger partial charge in [-0.1, -0.05) is 24.3 Å². The zero-order chi connectivity index (χ0) is 14.4. The van der Waals surface area contributed by atoms with Crippen molar-refractivity contribution in [3.8, 4) is 11.3 Å². The van der Waals surface area contributed by atoms with Crippen LogP contribution in [0.5, 0.6) is 0 Å². The Kier molecular flexibility index (Phi) is 2.54. The molecule has 5 nitrogen and oxygen atoms in total.